The molecule has 3 aromatic rings. The Kier molecular flexibility index (Phi) is 7.68. The number of unbranched alkanes of at least 4 members (excludes halogenated alkanes) is 1. The minimum Gasteiger partial charge on any atom is -0.393 e. The summed E-state index contributed by atoms with van der Waals surface area (Å²) in [4.78, 5) is 9.57. The van der Waals surface area contributed by atoms with Gasteiger partial charge in [-0.1, -0.05) is 25.5 Å². The van der Waals surface area contributed by atoms with Crippen LogP contribution in [-0.4, -0.2) is 62.8 Å². The van der Waals surface area contributed by atoms with Crippen molar-refractivity contribution in [3.8, 4) is 11.3 Å². The number of nitrogens with one attached hydrogen (secondary N) is 1. The van der Waals surface area contributed by atoms with E-state index in [0.29, 0.717) is 5.95 Å². The molecular weight excluding hydrogens is 476 g/mol. The third kappa shape index (κ3) is 5.40. The Balaban J connectivity index is 1.73. The van der Waals surface area contributed by atoms with E-state index in [1.54, 1.807) is 37.5 Å². The van der Waals surface area contributed by atoms with Crippen molar-refractivity contribution in [2.75, 3.05) is 18.9 Å². The fourth-order valence-electron chi connectivity index (χ4n) is 4.46. The van der Waals surface area contributed by atoms with E-state index in [1.165, 1.54) is 4.31 Å². The Hall–Kier alpha value is -2.56. The van der Waals surface area contributed by atoms with Crippen LogP contribution >= 0.6 is 0 Å². The predicted octanol–water partition coefficient (Wildman–Crippen LogP) is 4.60. The molecule has 0 unspecified atom stereocenters. The second kappa shape index (κ2) is 10.4. The average molecular weight is 515 g/mol. The van der Waals surface area contributed by atoms with E-state index in [0.717, 1.165) is 67.4 Å². The summed E-state index contributed by atoms with van der Waals surface area (Å²) >= 11 is 0. The van der Waals surface area contributed by atoms with Gasteiger partial charge in [-0.25, -0.2) is 18.1 Å². The first-order valence-electron chi connectivity index (χ1n) is 12.8. The lowest BCUT2D eigenvalue weighted by atomic mass is 9.93. The summed E-state index contributed by atoms with van der Waals surface area (Å²) in [5, 5.41) is 19.1. The summed E-state index contributed by atoms with van der Waals surface area (Å²) in [7, 11) is -2.02. The first kappa shape index (κ1) is 26.5. The van der Waals surface area contributed by atoms with Crippen LogP contribution in [0.25, 0.3) is 22.3 Å². The monoisotopic (exact) mass is 514 g/mol. The number of aromatic nitrogens is 4. The van der Waals surface area contributed by atoms with Crippen LogP contribution in [0.1, 0.15) is 72.3 Å². The van der Waals surface area contributed by atoms with Crippen molar-refractivity contribution in [2.45, 2.75) is 88.8 Å². The van der Waals surface area contributed by atoms with E-state index >= 15 is 0 Å². The molecule has 10 heteroatoms. The Labute approximate surface area is 214 Å². The van der Waals surface area contributed by atoms with Crippen LogP contribution in [0.15, 0.2) is 35.4 Å². The number of benzene rings is 1. The van der Waals surface area contributed by atoms with Gasteiger partial charge in [0.05, 0.1) is 22.4 Å². The molecule has 2 N–H and O–H groups in total. The van der Waals surface area contributed by atoms with Gasteiger partial charge in [-0.3, -0.25) is 0 Å². The van der Waals surface area contributed by atoms with E-state index in [4.69, 9.17) is 10.1 Å². The minimum atomic E-state index is -3.62. The number of aliphatic hydroxyl groups excluding tert-OH is 1. The van der Waals surface area contributed by atoms with Crippen molar-refractivity contribution in [1.29, 1.82) is 0 Å². The summed E-state index contributed by atoms with van der Waals surface area (Å²) in [5.74, 6) is 0.575. The quantitative estimate of drug-likeness (QED) is 0.422. The standard InChI is InChI=1S/C26H38N6O3S/c1-6-7-16-27-25-28-17-22-23(30-32(24(22)29-25)19-10-12-20(33)13-11-19)18-8-14-21(15-9-18)36(34,35)31(5)26(2,3)4/h8-9,14-15,17,19-20,33H,6-7,10-13,16H2,1-5H3,(H,27,28,29). The molecule has 4 rings (SSSR count). The summed E-state index contributed by atoms with van der Waals surface area (Å²) in [6.07, 6.45) is 6.79. The smallest absolute Gasteiger partial charge is 0.243 e. The lowest BCUT2D eigenvalue weighted by molar-refractivity contribution is 0.109. The molecule has 9 nitrogen and oxygen atoms in total. The fraction of sp³-hybridized carbons (Fsp3) is 0.577. The Morgan fingerprint density at radius 1 is 1.14 bits per heavy atom. The van der Waals surface area contributed by atoms with Gasteiger partial charge in [-0.05, 0) is 65.0 Å². The van der Waals surface area contributed by atoms with Gasteiger partial charge in [-0.15, -0.1) is 0 Å². The lowest BCUT2D eigenvalue weighted by Gasteiger charge is -2.30. The van der Waals surface area contributed by atoms with Crippen molar-refractivity contribution in [2.24, 2.45) is 0 Å². The zero-order valence-corrected chi connectivity index (χ0v) is 22.7. The summed E-state index contributed by atoms with van der Waals surface area (Å²) < 4.78 is 29.5. The Morgan fingerprint density at radius 2 is 1.81 bits per heavy atom. The van der Waals surface area contributed by atoms with Crippen LogP contribution in [0.5, 0.6) is 0 Å². The predicted molar refractivity (Wildman–Crippen MR) is 142 cm³/mol. The van der Waals surface area contributed by atoms with Gasteiger partial charge < -0.3 is 10.4 Å². The summed E-state index contributed by atoms with van der Waals surface area (Å²) in [6, 6.07) is 7.01. The fourth-order valence-corrected chi connectivity index (χ4v) is 5.98. The third-order valence-electron chi connectivity index (χ3n) is 7.00. The maximum absolute atomic E-state index is 13.1. The first-order valence-corrected chi connectivity index (χ1v) is 14.2. The molecule has 1 saturated carbocycles. The molecule has 0 aliphatic heterocycles. The van der Waals surface area contributed by atoms with Crippen molar-refractivity contribution in [3.05, 3.63) is 30.5 Å². The average Bonchev–Trinajstić information content (AvgIpc) is 3.22. The molecule has 196 valence electrons. The molecule has 0 bridgehead atoms. The molecule has 1 fully saturated rings. The van der Waals surface area contributed by atoms with E-state index in [1.807, 2.05) is 25.5 Å². The highest BCUT2D eigenvalue weighted by Crippen LogP contribution is 2.35. The second-order valence-corrected chi connectivity index (χ2v) is 12.6. The number of anilines is 1. The maximum atomic E-state index is 13.1. The van der Waals surface area contributed by atoms with Crippen LogP contribution < -0.4 is 5.32 Å². The molecule has 1 aliphatic rings. The zero-order valence-electron chi connectivity index (χ0n) is 21.9. The van der Waals surface area contributed by atoms with Crippen LogP contribution in [-0.2, 0) is 10.0 Å². The molecule has 0 amide bonds. The maximum Gasteiger partial charge on any atom is 0.243 e. The van der Waals surface area contributed by atoms with Crippen LogP contribution in [0.3, 0.4) is 0 Å². The lowest BCUT2D eigenvalue weighted by Crippen LogP contribution is -2.42. The number of aliphatic hydroxyl groups is 1. The number of rotatable bonds is 8. The van der Waals surface area contributed by atoms with E-state index in [2.05, 4.69) is 17.2 Å². The summed E-state index contributed by atoms with van der Waals surface area (Å²) in [6.45, 7) is 8.55. The molecule has 1 aromatic carbocycles. The molecule has 0 atom stereocenters. The van der Waals surface area contributed by atoms with Crippen LogP contribution in [0.2, 0.25) is 0 Å². The molecule has 1 aliphatic carbocycles. The largest absolute Gasteiger partial charge is 0.393 e. The molecule has 0 radical (unpaired) electrons. The van der Waals surface area contributed by atoms with Gasteiger partial charge in [-0.2, -0.15) is 14.4 Å². The molecule has 2 heterocycles. The number of fused-ring (bicyclic) bond motifs is 1. The third-order valence-corrected chi connectivity index (χ3v) is 9.14. The highest BCUT2D eigenvalue weighted by molar-refractivity contribution is 7.89. The van der Waals surface area contributed by atoms with E-state index in [9.17, 15) is 13.5 Å². The normalized spacial score (nSPS) is 19.2. The topological polar surface area (TPSA) is 113 Å². The Bertz CT molecular complexity index is 1290. The number of hydrogen-bond donors (Lipinski definition) is 2. The van der Waals surface area contributed by atoms with Gasteiger partial charge in [0, 0.05) is 30.9 Å². The first-order chi connectivity index (χ1) is 17.0. The number of sulfonamides is 1. The van der Waals surface area contributed by atoms with Crippen LogP contribution in [0, 0.1) is 0 Å². The molecule has 0 spiro atoms. The number of hydrogen-bond acceptors (Lipinski definition) is 7. The molecular formula is C26H38N6O3S. The zero-order chi connectivity index (χ0) is 26.1. The molecule has 36 heavy (non-hydrogen) atoms. The van der Waals surface area contributed by atoms with Crippen LogP contribution in [0.4, 0.5) is 5.95 Å². The number of nitrogens with zero attached hydrogens (tertiary/aromatic N) is 5. The van der Waals surface area contributed by atoms with Crippen molar-refractivity contribution < 1.29 is 13.5 Å². The van der Waals surface area contributed by atoms with Gasteiger partial charge in [0.25, 0.3) is 0 Å². The summed E-state index contributed by atoms with van der Waals surface area (Å²) in [5.41, 5.74) is 1.76. The van der Waals surface area contributed by atoms with Crippen molar-refractivity contribution >= 4 is 27.0 Å². The molecule has 0 saturated heterocycles. The highest BCUT2D eigenvalue weighted by Gasteiger charge is 2.31. The minimum absolute atomic E-state index is 0.142. The van der Waals surface area contributed by atoms with Gasteiger partial charge >= 0.3 is 0 Å². The van der Waals surface area contributed by atoms with Gasteiger partial charge in [0.15, 0.2) is 5.65 Å². The van der Waals surface area contributed by atoms with E-state index in [-0.39, 0.29) is 17.0 Å². The second-order valence-electron chi connectivity index (χ2n) is 10.6. The SMILES string of the molecule is CCCCNc1ncc2c(-c3ccc(S(=O)(=O)N(C)C(C)(C)C)cc3)nn(C3CCC(O)CC3)c2n1. The van der Waals surface area contributed by atoms with Crippen molar-refractivity contribution in [3.63, 3.8) is 0 Å². The highest BCUT2D eigenvalue weighted by atomic mass is 32.2. The van der Waals surface area contributed by atoms with Gasteiger partial charge in [0.2, 0.25) is 16.0 Å². The van der Waals surface area contributed by atoms with Gasteiger partial charge in [0.1, 0.15) is 5.69 Å². The Morgan fingerprint density at radius 3 is 2.42 bits per heavy atom. The van der Waals surface area contributed by atoms with E-state index < -0.39 is 15.6 Å². The van der Waals surface area contributed by atoms with Crippen molar-refractivity contribution in [1.82, 2.24) is 24.1 Å². The molecule has 2 aromatic heterocycles.